The number of anilines is 1. The number of aromatic nitrogens is 6. The maximum absolute atomic E-state index is 12.5. The van der Waals surface area contributed by atoms with Crippen LogP contribution in [0.15, 0.2) is 41.9 Å². The number of hydrogen-bond donors (Lipinski definition) is 1. The Kier molecular flexibility index (Phi) is 5.70. The molecule has 0 spiro atoms. The van der Waals surface area contributed by atoms with Crippen molar-refractivity contribution in [1.82, 2.24) is 29.5 Å². The fraction of sp³-hybridized carbons (Fsp3) is 0.421. The standard InChI is InChI=1S/C19H23N7OS/c1-2-25-18(14-7-10-20-11-8-14)23-24-19(25)28-13-17(27)22-16-9-12-21-26(16)15-5-3-4-6-15/h7-12,15H,2-6,13H2,1H3,(H,22,27). The SMILES string of the molecule is CCn1c(SCC(=O)Nc2ccnn2C2CCCC2)nnc1-c1ccncc1. The Balaban J connectivity index is 1.41. The van der Waals surface area contributed by atoms with E-state index in [1.807, 2.05) is 34.4 Å². The predicted molar refractivity (Wildman–Crippen MR) is 108 cm³/mol. The summed E-state index contributed by atoms with van der Waals surface area (Å²) in [6.45, 7) is 2.77. The Morgan fingerprint density at radius 2 is 1.96 bits per heavy atom. The Labute approximate surface area is 167 Å². The molecule has 28 heavy (non-hydrogen) atoms. The Morgan fingerprint density at radius 1 is 1.18 bits per heavy atom. The third-order valence-electron chi connectivity index (χ3n) is 4.91. The predicted octanol–water partition coefficient (Wildman–Crippen LogP) is 3.40. The second-order valence-electron chi connectivity index (χ2n) is 6.72. The van der Waals surface area contributed by atoms with Crippen molar-refractivity contribution in [3.8, 4) is 11.4 Å². The molecule has 0 unspecified atom stereocenters. The van der Waals surface area contributed by atoms with Crippen molar-refractivity contribution in [1.29, 1.82) is 0 Å². The van der Waals surface area contributed by atoms with E-state index in [-0.39, 0.29) is 11.7 Å². The minimum Gasteiger partial charge on any atom is -0.310 e. The number of pyridine rings is 1. The molecule has 3 aromatic heterocycles. The first-order chi connectivity index (χ1) is 13.8. The van der Waals surface area contributed by atoms with Crippen molar-refractivity contribution in [3.05, 3.63) is 36.8 Å². The van der Waals surface area contributed by atoms with Gasteiger partial charge in [0, 0.05) is 30.6 Å². The van der Waals surface area contributed by atoms with E-state index >= 15 is 0 Å². The third kappa shape index (κ3) is 3.94. The summed E-state index contributed by atoms with van der Waals surface area (Å²) in [6.07, 6.45) is 9.90. The number of carbonyl (C=O) groups is 1. The van der Waals surface area contributed by atoms with Crippen molar-refractivity contribution >= 4 is 23.5 Å². The van der Waals surface area contributed by atoms with Crippen molar-refractivity contribution in [2.45, 2.75) is 50.4 Å². The summed E-state index contributed by atoms with van der Waals surface area (Å²) in [4.78, 5) is 16.5. The summed E-state index contributed by atoms with van der Waals surface area (Å²) in [6, 6.07) is 6.06. The van der Waals surface area contributed by atoms with Crippen LogP contribution in [0.25, 0.3) is 11.4 Å². The van der Waals surface area contributed by atoms with Gasteiger partial charge in [-0.2, -0.15) is 5.10 Å². The molecular formula is C19H23N7OS. The second-order valence-corrected chi connectivity index (χ2v) is 7.66. The monoisotopic (exact) mass is 397 g/mol. The second kappa shape index (κ2) is 8.55. The molecule has 1 amide bonds. The average Bonchev–Trinajstić information content (AvgIpc) is 3.47. The van der Waals surface area contributed by atoms with Crippen LogP contribution in [-0.2, 0) is 11.3 Å². The molecule has 146 valence electrons. The minimum absolute atomic E-state index is 0.0686. The van der Waals surface area contributed by atoms with E-state index in [0.717, 1.165) is 41.7 Å². The lowest BCUT2D eigenvalue weighted by Crippen LogP contribution is -2.19. The normalized spacial score (nSPS) is 14.5. The lowest BCUT2D eigenvalue weighted by Gasteiger charge is -2.14. The molecule has 3 heterocycles. The van der Waals surface area contributed by atoms with Gasteiger partial charge in [0.25, 0.3) is 0 Å². The molecule has 1 aliphatic carbocycles. The van der Waals surface area contributed by atoms with Crippen molar-refractivity contribution in [2.75, 3.05) is 11.1 Å². The van der Waals surface area contributed by atoms with Crippen LogP contribution < -0.4 is 5.32 Å². The van der Waals surface area contributed by atoms with E-state index in [4.69, 9.17) is 0 Å². The summed E-state index contributed by atoms with van der Waals surface area (Å²) in [5, 5.41) is 16.7. The highest BCUT2D eigenvalue weighted by molar-refractivity contribution is 7.99. The number of nitrogens with zero attached hydrogens (tertiary/aromatic N) is 6. The van der Waals surface area contributed by atoms with Gasteiger partial charge in [-0.3, -0.25) is 9.78 Å². The zero-order valence-corrected chi connectivity index (χ0v) is 16.6. The lowest BCUT2D eigenvalue weighted by molar-refractivity contribution is -0.113. The van der Waals surface area contributed by atoms with Gasteiger partial charge < -0.3 is 9.88 Å². The molecule has 1 saturated carbocycles. The molecule has 4 rings (SSSR count). The zero-order chi connectivity index (χ0) is 19.3. The average molecular weight is 398 g/mol. The molecule has 1 fully saturated rings. The highest BCUT2D eigenvalue weighted by atomic mass is 32.2. The highest BCUT2D eigenvalue weighted by Gasteiger charge is 2.21. The number of rotatable bonds is 7. The third-order valence-corrected chi connectivity index (χ3v) is 5.88. The van der Waals surface area contributed by atoms with E-state index < -0.39 is 0 Å². The molecule has 0 atom stereocenters. The Hall–Kier alpha value is -2.68. The van der Waals surface area contributed by atoms with Gasteiger partial charge in [-0.25, -0.2) is 4.68 Å². The van der Waals surface area contributed by atoms with Gasteiger partial charge in [0.1, 0.15) is 5.82 Å². The van der Waals surface area contributed by atoms with E-state index in [0.29, 0.717) is 6.04 Å². The summed E-state index contributed by atoms with van der Waals surface area (Å²) in [7, 11) is 0. The van der Waals surface area contributed by atoms with E-state index in [9.17, 15) is 4.79 Å². The number of hydrogen-bond acceptors (Lipinski definition) is 6. The largest absolute Gasteiger partial charge is 0.310 e. The Morgan fingerprint density at radius 3 is 2.71 bits per heavy atom. The molecule has 0 saturated heterocycles. The van der Waals surface area contributed by atoms with Crippen LogP contribution >= 0.6 is 11.8 Å². The Bertz CT molecular complexity index is 931. The van der Waals surface area contributed by atoms with Gasteiger partial charge in [0.05, 0.1) is 18.0 Å². The number of carbonyl (C=O) groups excluding carboxylic acids is 1. The van der Waals surface area contributed by atoms with Crippen LogP contribution in [0.1, 0.15) is 38.6 Å². The molecule has 0 bridgehead atoms. The van der Waals surface area contributed by atoms with Crippen molar-refractivity contribution in [3.63, 3.8) is 0 Å². The molecule has 0 aromatic carbocycles. The van der Waals surface area contributed by atoms with Crippen LogP contribution in [0, 0.1) is 0 Å². The zero-order valence-electron chi connectivity index (χ0n) is 15.8. The van der Waals surface area contributed by atoms with Gasteiger partial charge in [-0.15, -0.1) is 10.2 Å². The number of amides is 1. The molecule has 0 aliphatic heterocycles. The van der Waals surface area contributed by atoms with Gasteiger partial charge in [0.15, 0.2) is 11.0 Å². The summed E-state index contributed by atoms with van der Waals surface area (Å²) < 4.78 is 3.96. The molecule has 0 radical (unpaired) electrons. The molecule has 9 heteroatoms. The first-order valence-corrected chi connectivity index (χ1v) is 10.5. The molecule has 3 aromatic rings. The fourth-order valence-corrected chi connectivity index (χ4v) is 4.36. The number of thioether (sulfide) groups is 1. The molecule has 1 aliphatic rings. The first-order valence-electron chi connectivity index (χ1n) is 9.56. The molecular weight excluding hydrogens is 374 g/mol. The number of nitrogens with one attached hydrogen (secondary N) is 1. The van der Waals surface area contributed by atoms with Crippen molar-refractivity contribution < 1.29 is 4.79 Å². The van der Waals surface area contributed by atoms with Crippen molar-refractivity contribution in [2.24, 2.45) is 0 Å². The van der Waals surface area contributed by atoms with Gasteiger partial charge in [0.2, 0.25) is 5.91 Å². The van der Waals surface area contributed by atoms with Gasteiger partial charge in [-0.05, 0) is 31.9 Å². The quantitative estimate of drug-likeness (QED) is 0.615. The van der Waals surface area contributed by atoms with E-state index in [1.165, 1.54) is 24.6 Å². The maximum Gasteiger partial charge on any atom is 0.235 e. The summed E-state index contributed by atoms with van der Waals surface area (Å²) >= 11 is 1.39. The summed E-state index contributed by atoms with van der Waals surface area (Å²) in [5.74, 6) is 1.75. The van der Waals surface area contributed by atoms with Crippen LogP contribution in [0.4, 0.5) is 5.82 Å². The summed E-state index contributed by atoms with van der Waals surface area (Å²) in [5.41, 5.74) is 0.959. The highest BCUT2D eigenvalue weighted by Crippen LogP contribution is 2.31. The fourth-order valence-electron chi connectivity index (χ4n) is 3.56. The minimum atomic E-state index is -0.0686. The van der Waals surface area contributed by atoms with Gasteiger partial charge >= 0.3 is 0 Å². The van der Waals surface area contributed by atoms with E-state index in [1.54, 1.807) is 18.6 Å². The van der Waals surface area contributed by atoms with Gasteiger partial charge in [-0.1, -0.05) is 24.6 Å². The molecule has 8 nitrogen and oxygen atoms in total. The van der Waals surface area contributed by atoms with Crippen LogP contribution in [0.5, 0.6) is 0 Å². The molecule has 1 N–H and O–H groups in total. The first kappa shape index (κ1) is 18.7. The van der Waals surface area contributed by atoms with Crippen LogP contribution in [0.2, 0.25) is 0 Å². The topological polar surface area (TPSA) is 90.5 Å². The van der Waals surface area contributed by atoms with Crippen LogP contribution in [0.3, 0.4) is 0 Å². The maximum atomic E-state index is 12.5. The lowest BCUT2D eigenvalue weighted by atomic mass is 10.2. The van der Waals surface area contributed by atoms with Crippen LogP contribution in [-0.4, -0.2) is 41.2 Å². The smallest absolute Gasteiger partial charge is 0.235 e. The van der Waals surface area contributed by atoms with E-state index in [2.05, 4.69) is 25.6 Å².